The molecular formula is C12H16F3N2O7S+. The number of ether oxygens (including phenoxy) is 1. The first kappa shape index (κ1) is 22.8. The Morgan fingerprint density at radius 2 is 1.72 bits per heavy atom. The first-order valence-corrected chi connectivity index (χ1v) is 7.69. The number of hydrogen-bond acceptors (Lipinski definition) is 6. The molecule has 1 aromatic carbocycles. The molecule has 1 N–H and O–H groups in total. The molecule has 0 aromatic heterocycles. The molecular weight excluding hydrogens is 373 g/mol. The van der Waals surface area contributed by atoms with E-state index in [0.717, 1.165) is 0 Å². The molecule has 0 aliphatic rings. The zero-order valence-electron chi connectivity index (χ0n) is 13.6. The number of methoxy groups -OCH3 is 1. The van der Waals surface area contributed by atoms with Gasteiger partial charge in [-0.1, -0.05) is 0 Å². The highest BCUT2D eigenvalue weighted by Crippen LogP contribution is 2.31. The van der Waals surface area contributed by atoms with E-state index in [1.165, 1.54) is 19.2 Å². The van der Waals surface area contributed by atoms with Crippen molar-refractivity contribution in [3.05, 3.63) is 33.9 Å². The molecule has 1 aromatic rings. The van der Waals surface area contributed by atoms with Gasteiger partial charge in [0.2, 0.25) is 5.69 Å². The van der Waals surface area contributed by atoms with Gasteiger partial charge in [-0.05, 0) is 6.07 Å². The number of rotatable bonds is 3. The van der Waals surface area contributed by atoms with Gasteiger partial charge in [-0.15, -0.1) is 0 Å². The van der Waals surface area contributed by atoms with Gasteiger partial charge in [0.1, 0.15) is 0 Å². The first-order valence-electron chi connectivity index (χ1n) is 6.25. The van der Waals surface area contributed by atoms with Gasteiger partial charge >= 0.3 is 27.3 Å². The van der Waals surface area contributed by atoms with E-state index in [1.54, 1.807) is 6.07 Å². The van der Waals surface area contributed by atoms with Crippen molar-refractivity contribution in [3.63, 3.8) is 0 Å². The number of nitro groups is 1. The van der Waals surface area contributed by atoms with Gasteiger partial charge in [-0.3, -0.25) is 19.2 Å². The van der Waals surface area contributed by atoms with Crippen LogP contribution in [0.5, 0.6) is 0 Å². The fourth-order valence-corrected chi connectivity index (χ4v) is 1.48. The number of hydrogen-bond donors (Lipinski definition) is 1. The summed E-state index contributed by atoms with van der Waals surface area (Å²) in [6.45, 7) is 0. The van der Waals surface area contributed by atoms with Crippen LogP contribution in [0.2, 0.25) is 0 Å². The predicted octanol–water partition coefficient (Wildman–Crippen LogP) is 1.97. The van der Waals surface area contributed by atoms with E-state index < -0.39 is 26.5 Å². The second-order valence-corrected chi connectivity index (χ2v) is 6.80. The van der Waals surface area contributed by atoms with Crippen molar-refractivity contribution in [2.75, 3.05) is 28.3 Å². The fourth-order valence-electron chi connectivity index (χ4n) is 1.48. The smallest absolute Gasteiger partial charge is 0.465 e. The summed E-state index contributed by atoms with van der Waals surface area (Å²) >= 11 is 0. The van der Waals surface area contributed by atoms with Crippen LogP contribution < -0.4 is 4.48 Å². The molecule has 0 saturated carbocycles. The van der Waals surface area contributed by atoms with E-state index in [4.69, 9.17) is 13.0 Å². The van der Waals surface area contributed by atoms with Crippen LogP contribution in [0.15, 0.2) is 18.2 Å². The summed E-state index contributed by atoms with van der Waals surface area (Å²) in [6.07, 6.45) is 0. The van der Waals surface area contributed by atoms with Crippen LogP contribution in [0.4, 0.5) is 24.5 Å². The number of quaternary nitrogens is 1. The van der Waals surface area contributed by atoms with Gasteiger partial charge in [0, 0.05) is 12.1 Å². The Morgan fingerprint density at radius 1 is 1.28 bits per heavy atom. The molecule has 13 heteroatoms. The molecule has 0 spiro atoms. The molecule has 142 valence electrons. The summed E-state index contributed by atoms with van der Waals surface area (Å²) < 4.78 is 62.4. The second-order valence-electron chi connectivity index (χ2n) is 5.39. The monoisotopic (exact) mass is 389 g/mol. The van der Waals surface area contributed by atoms with Crippen molar-refractivity contribution in [3.8, 4) is 0 Å². The van der Waals surface area contributed by atoms with E-state index in [1.807, 2.05) is 21.1 Å². The third kappa shape index (κ3) is 6.64. The molecule has 0 aliphatic heterocycles. The van der Waals surface area contributed by atoms with Crippen LogP contribution in [0.3, 0.4) is 0 Å². The highest BCUT2D eigenvalue weighted by atomic mass is 32.2. The standard InChI is InChI=1S/C11H15N2O4.CHF3O3S/c1-13(2,3)10-6-5-8(11(14)17-4)7-9(10)12(15)16;2-1(3,4)8(5,6)7/h5-7H,1-4H3;(H,5,6,7)/q+1;. The lowest BCUT2D eigenvalue weighted by molar-refractivity contribution is -0.384. The third-order valence-corrected chi connectivity index (χ3v) is 3.19. The molecule has 0 heterocycles. The summed E-state index contributed by atoms with van der Waals surface area (Å²) in [7, 11) is 0.856. The van der Waals surface area contributed by atoms with Gasteiger partial charge in [0.05, 0.1) is 38.7 Å². The number of nitrogens with zero attached hydrogens (tertiary/aromatic N) is 2. The third-order valence-electron chi connectivity index (χ3n) is 2.61. The van der Waals surface area contributed by atoms with Crippen LogP contribution in [0, 0.1) is 10.1 Å². The van der Waals surface area contributed by atoms with E-state index >= 15 is 0 Å². The lowest BCUT2D eigenvalue weighted by atomic mass is 10.1. The molecule has 0 atom stereocenters. The second kappa shape index (κ2) is 7.76. The Labute approximate surface area is 141 Å². The number of carbonyl (C=O) groups is 1. The summed E-state index contributed by atoms with van der Waals surface area (Å²) in [4.78, 5) is 21.8. The lowest BCUT2D eigenvalue weighted by Gasteiger charge is -2.22. The largest absolute Gasteiger partial charge is 0.522 e. The Balaban J connectivity index is 0.000000609. The molecule has 0 aliphatic carbocycles. The van der Waals surface area contributed by atoms with E-state index in [-0.39, 0.29) is 11.3 Å². The molecule has 0 unspecified atom stereocenters. The van der Waals surface area contributed by atoms with Gasteiger partial charge in [-0.25, -0.2) is 4.79 Å². The summed E-state index contributed by atoms with van der Waals surface area (Å²) in [5.74, 6) is -0.582. The van der Waals surface area contributed by atoms with Crippen molar-refractivity contribution in [1.82, 2.24) is 4.48 Å². The highest BCUT2D eigenvalue weighted by Gasteiger charge is 2.44. The quantitative estimate of drug-likeness (QED) is 0.209. The molecule has 25 heavy (non-hydrogen) atoms. The Hall–Kier alpha value is -2.25. The van der Waals surface area contributed by atoms with Gasteiger partial charge in [0.25, 0.3) is 0 Å². The van der Waals surface area contributed by atoms with Crippen molar-refractivity contribution in [1.29, 1.82) is 0 Å². The number of alkyl halides is 3. The Morgan fingerprint density at radius 3 is 2.00 bits per heavy atom. The van der Waals surface area contributed by atoms with Crippen LogP contribution in [-0.2, 0) is 14.9 Å². The molecule has 0 bridgehead atoms. The minimum atomic E-state index is -5.84. The van der Waals surface area contributed by atoms with Crippen LogP contribution in [0.1, 0.15) is 10.4 Å². The number of esters is 1. The number of carbonyl (C=O) groups excluding carboxylic acids is 1. The van der Waals surface area contributed by atoms with Crippen molar-refractivity contribution in [2.24, 2.45) is 0 Å². The zero-order valence-corrected chi connectivity index (χ0v) is 14.4. The van der Waals surface area contributed by atoms with Crippen LogP contribution >= 0.6 is 0 Å². The normalized spacial score (nSPS) is 12.0. The minimum Gasteiger partial charge on any atom is -0.465 e. The average Bonchev–Trinajstić information content (AvgIpc) is 2.43. The molecule has 1 rings (SSSR count). The van der Waals surface area contributed by atoms with Gasteiger partial charge in [-0.2, -0.15) is 21.6 Å². The lowest BCUT2D eigenvalue weighted by Crippen LogP contribution is -2.35. The predicted molar refractivity (Wildman–Crippen MR) is 81.6 cm³/mol. The first-order chi connectivity index (χ1) is 11.0. The van der Waals surface area contributed by atoms with Crippen LogP contribution in [0.25, 0.3) is 0 Å². The van der Waals surface area contributed by atoms with Crippen molar-refractivity contribution in [2.45, 2.75) is 5.51 Å². The minimum absolute atomic E-state index is 0.0830. The molecule has 0 amide bonds. The molecule has 0 radical (unpaired) electrons. The number of halogens is 3. The Kier molecular flexibility index (Phi) is 7.06. The summed E-state index contributed by atoms with van der Waals surface area (Å²) in [5.41, 5.74) is -4.91. The maximum absolute atomic E-state index is 11.3. The van der Waals surface area contributed by atoms with Gasteiger partial charge in [0.15, 0.2) is 0 Å². The SMILES string of the molecule is COC(=O)c1ccc([N+](C)(C)C)c([N+](=O)[O-])c1.O=S(=O)(O)C(F)(F)F. The summed E-state index contributed by atoms with van der Waals surface area (Å²) in [5, 5.41) is 11.0. The molecule has 0 fully saturated rings. The van der Waals surface area contributed by atoms with Crippen molar-refractivity contribution < 1.29 is 40.6 Å². The number of benzene rings is 1. The van der Waals surface area contributed by atoms with E-state index in [0.29, 0.717) is 10.2 Å². The summed E-state index contributed by atoms with van der Waals surface area (Å²) in [6, 6.07) is 4.34. The Bertz CT molecular complexity index is 755. The van der Waals surface area contributed by atoms with Crippen molar-refractivity contribution >= 4 is 27.5 Å². The van der Waals surface area contributed by atoms with Gasteiger partial charge < -0.3 is 4.74 Å². The maximum Gasteiger partial charge on any atom is 0.522 e. The van der Waals surface area contributed by atoms with E-state index in [2.05, 4.69) is 4.74 Å². The highest BCUT2D eigenvalue weighted by molar-refractivity contribution is 7.86. The van der Waals surface area contributed by atoms with E-state index in [9.17, 15) is 28.1 Å². The number of nitro benzene ring substituents is 1. The molecule has 9 nitrogen and oxygen atoms in total. The fraction of sp³-hybridized carbons (Fsp3) is 0.417. The maximum atomic E-state index is 11.3. The topological polar surface area (TPSA) is 124 Å². The zero-order chi connectivity index (χ0) is 20.2. The molecule has 0 saturated heterocycles. The average molecular weight is 389 g/mol. The van der Waals surface area contributed by atoms with Crippen LogP contribution in [-0.4, -0.2) is 57.6 Å².